The van der Waals surface area contributed by atoms with Crippen LogP contribution in [0.4, 0.5) is 5.13 Å². The molecule has 0 unspecified atom stereocenters. The maximum absolute atomic E-state index is 10.9. The van der Waals surface area contributed by atoms with Crippen molar-refractivity contribution >= 4 is 22.4 Å². The Balaban J connectivity index is 1.82. The molecular weight excluding hydrogens is 248 g/mol. The molecule has 0 bridgehead atoms. The van der Waals surface area contributed by atoms with Crippen LogP contribution in [0.15, 0.2) is 5.38 Å². The fourth-order valence-corrected chi connectivity index (χ4v) is 4.24. The molecule has 0 spiro atoms. The summed E-state index contributed by atoms with van der Waals surface area (Å²) in [6.07, 6.45) is 7.77. The van der Waals surface area contributed by atoms with Gasteiger partial charge in [-0.3, -0.25) is 0 Å². The minimum atomic E-state index is -0.922. The smallest absolute Gasteiger partial charge is 0.355 e. The van der Waals surface area contributed by atoms with E-state index < -0.39 is 5.97 Å². The molecule has 0 radical (unpaired) electrons. The second-order valence-corrected chi connectivity index (χ2v) is 6.10. The minimum absolute atomic E-state index is 0.188. The summed E-state index contributed by atoms with van der Waals surface area (Å²) < 4.78 is 0. The summed E-state index contributed by atoms with van der Waals surface area (Å²) in [5.74, 6) is -0.126. The highest BCUT2D eigenvalue weighted by molar-refractivity contribution is 7.13. The number of hydrogen-bond acceptors (Lipinski definition) is 4. The predicted octanol–water partition coefficient (Wildman–Crippen LogP) is 3.00. The average Bonchev–Trinajstić information content (AvgIpc) is 2.87. The number of hydrogen-bond donors (Lipinski definition) is 1. The van der Waals surface area contributed by atoms with Gasteiger partial charge < -0.3 is 10.0 Å². The zero-order valence-corrected chi connectivity index (χ0v) is 11.2. The zero-order valence-electron chi connectivity index (χ0n) is 10.3. The summed E-state index contributed by atoms with van der Waals surface area (Å²) in [6, 6.07) is 0.597. The predicted molar refractivity (Wildman–Crippen MR) is 71.4 cm³/mol. The Hall–Kier alpha value is -1.10. The normalized spacial score (nSPS) is 27.9. The van der Waals surface area contributed by atoms with E-state index in [0.29, 0.717) is 6.04 Å². The quantitative estimate of drug-likeness (QED) is 0.894. The number of anilines is 1. The number of nitrogens with zero attached hydrogens (tertiary/aromatic N) is 2. The molecule has 98 valence electrons. The second-order valence-electron chi connectivity index (χ2n) is 5.27. The summed E-state index contributed by atoms with van der Waals surface area (Å²) in [6.45, 7) is 1.04. The molecule has 4 nitrogen and oxygen atoms in total. The monoisotopic (exact) mass is 266 g/mol. The van der Waals surface area contributed by atoms with E-state index in [2.05, 4.69) is 9.88 Å². The van der Waals surface area contributed by atoms with Crippen molar-refractivity contribution in [2.75, 3.05) is 11.4 Å². The van der Waals surface area contributed by atoms with Crippen LogP contribution in [0.3, 0.4) is 0 Å². The third kappa shape index (κ3) is 2.11. The van der Waals surface area contributed by atoms with Crippen molar-refractivity contribution in [2.24, 2.45) is 5.92 Å². The highest BCUT2D eigenvalue weighted by atomic mass is 32.1. The van der Waals surface area contributed by atoms with Crippen molar-refractivity contribution in [1.29, 1.82) is 0 Å². The number of thiazole rings is 1. The lowest BCUT2D eigenvalue weighted by Crippen LogP contribution is -2.46. The Labute approximate surface area is 111 Å². The Morgan fingerprint density at radius 1 is 1.33 bits per heavy atom. The topological polar surface area (TPSA) is 53.4 Å². The molecule has 3 rings (SSSR count). The average molecular weight is 266 g/mol. The first kappa shape index (κ1) is 12.0. The molecule has 2 heterocycles. The van der Waals surface area contributed by atoms with E-state index in [0.717, 1.165) is 17.6 Å². The molecule has 2 aliphatic rings. The first-order valence-electron chi connectivity index (χ1n) is 6.71. The largest absolute Gasteiger partial charge is 0.476 e. The molecule has 1 aromatic rings. The molecular formula is C13H18N2O2S. The highest BCUT2D eigenvalue weighted by Gasteiger charge is 2.34. The van der Waals surface area contributed by atoms with Crippen molar-refractivity contribution in [3.8, 4) is 0 Å². The summed E-state index contributed by atoms with van der Waals surface area (Å²) in [4.78, 5) is 17.5. The third-order valence-electron chi connectivity index (χ3n) is 4.20. The van der Waals surface area contributed by atoms with E-state index in [1.807, 2.05) is 0 Å². The van der Waals surface area contributed by atoms with Crippen molar-refractivity contribution in [2.45, 2.75) is 44.6 Å². The number of rotatable bonds is 2. The number of piperidine rings is 1. The Morgan fingerprint density at radius 2 is 2.11 bits per heavy atom. The first-order chi connectivity index (χ1) is 8.75. The summed E-state index contributed by atoms with van der Waals surface area (Å²) in [5, 5.41) is 11.5. The lowest BCUT2D eigenvalue weighted by molar-refractivity contribution is 0.0691. The van der Waals surface area contributed by atoms with Gasteiger partial charge in [0.2, 0.25) is 0 Å². The minimum Gasteiger partial charge on any atom is -0.476 e. The van der Waals surface area contributed by atoms with Gasteiger partial charge in [-0.2, -0.15) is 0 Å². The molecule has 2 atom stereocenters. The second kappa shape index (κ2) is 4.88. The maximum Gasteiger partial charge on any atom is 0.355 e. The molecule has 2 fully saturated rings. The van der Waals surface area contributed by atoms with E-state index in [1.54, 1.807) is 5.38 Å². The van der Waals surface area contributed by atoms with Gasteiger partial charge in [-0.1, -0.05) is 12.8 Å². The molecule has 5 heteroatoms. The van der Waals surface area contributed by atoms with Gasteiger partial charge in [0.1, 0.15) is 0 Å². The van der Waals surface area contributed by atoms with E-state index in [-0.39, 0.29) is 5.69 Å². The van der Waals surface area contributed by atoms with Crippen LogP contribution in [0.2, 0.25) is 0 Å². The number of aromatic carboxylic acids is 1. The van der Waals surface area contributed by atoms with Gasteiger partial charge in [0, 0.05) is 18.0 Å². The van der Waals surface area contributed by atoms with E-state index >= 15 is 0 Å². The van der Waals surface area contributed by atoms with Crippen LogP contribution in [0.25, 0.3) is 0 Å². The van der Waals surface area contributed by atoms with Crippen LogP contribution in [0, 0.1) is 5.92 Å². The van der Waals surface area contributed by atoms with E-state index in [9.17, 15) is 4.79 Å². The number of carbonyl (C=O) groups is 1. The molecule has 0 aromatic carbocycles. The van der Waals surface area contributed by atoms with Crippen LogP contribution >= 0.6 is 11.3 Å². The van der Waals surface area contributed by atoms with Gasteiger partial charge in [0.05, 0.1) is 0 Å². The molecule has 1 saturated heterocycles. The summed E-state index contributed by atoms with van der Waals surface area (Å²) >= 11 is 1.47. The first-order valence-corrected chi connectivity index (χ1v) is 7.59. The molecule has 0 amide bonds. The van der Waals surface area contributed by atoms with Crippen LogP contribution in [0.1, 0.15) is 49.0 Å². The highest BCUT2D eigenvalue weighted by Crippen LogP contribution is 2.38. The number of fused-ring (bicyclic) bond motifs is 1. The molecule has 18 heavy (non-hydrogen) atoms. The number of carboxylic acids is 1. The molecule has 1 aromatic heterocycles. The van der Waals surface area contributed by atoms with Crippen LogP contribution < -0.4 is 4.90 Å². The van der Waals surface area contributed by atoms with Crippen molar-refractivity contribution in [1.82, 2.24) is 4.98 Å². The van der Waals surface area contributed by atoms with Gasteiger partial charge in [-0.25, -0.2) is 9.78 Å². The van der Waals surface area contributed by atoms with Gasteiger partial charge in [-0.15, -0.1) is 11.3 Å². The molecule has 1 N–H and O–H groups in total. The van der Waals surface area contributed by atoms with Gasteiger partial charge in [0.25, 0.3) is 0 Å². The van der Waals surface area contributed by atoms with Gasteiger partial charge in [0.15, 0.2) is 10.8 Å². The Morgan fingerprint density at radius 3 is 2.89 bits per heavy atom. The Kier molecular flexibility index (Phi) is 3.24. The third-order valence-corrected chi connectivity index (χ3v) is 5.08. The van der Waals surface area contributed by atoms with E-state index in [4.69, 9.17) is 5.11 Å². The fourth-order valence-electron chi connectivity index (χ4n) is 3.36. The number of aromatic nitrogens is 1. The van der Waals surface area contributed by atoms with Crippen LogP contribution in [0.5, 0.6) is 0 Å². The molecule has 1 aliphatic heterocycles. The van der Waals surface area contributed by atoms with Crippen LogP contribution in [-0.4, -0.2) is 28.6 Å². The number of carboxylic acid groups (broad SMARTS) is 1. The van der Waals surface area contributed by atoms with Crippen molar-refractivity contribution in [3.05, 3.63) is 11.1 Å². The molecule has 1 saturated carbocycles. The van der Waals surface area contributed by atoms with Gasteiger partial charge in [-0.05, 0) is 31.6 Å². The summed E-state index contributed by atoms with van der Waals surface area (Å²) in [5.41, 5.74) is 0.188. The van der Waals surface area contributed by atoms with Crippen molar-refractivity contribution < 1.29 is 9.90 Å². The van der Waals surface area contributed by atoms with Gasteiger partial charge >= 0.3 is 5.97 Å². The fraction of sp³-hybridized carbons (Fsp3) is 0.692. The lowest BCUT2D eigenvalue weighted by atomic mass is 9.78. The summed E-state index contributed by atoms with van der Waals surface area (Å²) in [7, 11) is 0. The zero-order chi connectivity index (χ0) is 12.5. The SMILES string of the molecule is O=C(O)c1csc(N2CCC[C@H]3CCCC[C@H]32)n1. The lowest BCUT2D eigenvalue weighted by Gasteiger charge is -2.44. The van der Waals surface area contributed by atoms with Crippen LogP contribution in [-0.2, 0) is 0 Å². The Bertz CT molecular complexity index is 444. The standard InChI is InChI=1S/C13H18N2O2S/c16-12(17)10-8-18-13(14-10)15-7-3-5-9-4-1-2-6-11(9)15/h8-9,11H,1-7H2,(H,16,17)/t9-,11-/m1/s1. The van der Waals surface area contributed by atoms with Crippen molar-refractivity contribution in [3.63, 3.8) is 0 Å². The molecule has 1 aliphatic carbocycles. The van der Waals surface area contributed by atoms with E-state index in [1.165, 1.54) is 49.9 Å². The maximum atomic E-state index is 10.9.